The summed E-state index contributed by atoms with van der Waals surface area (Å²) >= 11 is 0. The van der Waals surface area contributed by atoms with Gasteiger partial charge in [-0.3, -0.25) is 5.32 Å². The number of carbonyl (C=O) groups excluding carboxylic acids is 1. The Hall–Kier alpha value is -3.56. The number of rotatable bonds is 10. The molecule has 1 amide bonds. The highest BCUT2D eigenvalue weighted by molar-refractivity contribution is 5.88. The fraction of sp³-hybridized carbons (Fsp3) is 0.381. The zero-order valence-corrected chi connectivity index (χ0v) is 18.7. The van der Waals surface area contributed by atoms with E-state index in [1.165, 1.54) is 12.1 Å². The molecule has 0 radical (unpaired) electrons. The molecule has 0 spiro atoms. The first-order valence-electron chi connectivity index (χ1n) is 10.2. The molecule has 0 aliphatic heterocycles. The predicted octanol–water partition coefficient (Wildman–Crippen LogP) is -0.510. The Balaban J connectivity index is 0.000000405. The average Bonchev–Trinajstić information content (AvgIpc) is 2.83. The van der Waals surface area contributed by atoms with Gasteiger partial charge in [0.15, 0.2) is 6.10 Å². The van der Waals surface area contributed by atoms with E-state index in [9.17, 15) is 14.0 Å². The number of nitrogens with two attached hydrogens (primary N) is 1. The first-order valence-corrected chi connectivity index (χ1v) is 10.2. The third-order valence-corrected chi connectivity index (χ3v) is 4.33. The Morgan fingerprint density at radius 1 is 1.09 bits per heavy atom. The van der Waals surface area contributed by atoms with Crippen LogP contribution in [0.5, 0.6) is 0 Å². The third-order valence-electron chi connectivity index (χ3n) is 4.33. The highest BCUT2D eigenvalue weighted by Gasteiger charge is 2.33. The molecule has 0 bridgehead atoms. The van der Waals surface area contributed by atoms with Crippen LogP contribution in [0.2, 0.25) is 0 Å². The molecule has 35 heavy (non-hydrogen) atoms. The van der Waals surface area contributed by atoms with Crippen molar-refractivity contribution in [2.75, 3.05) is 29.6 Å². The van der Waals surface area contributed by atoms with Crippen molar-refractivity contribution >= 4 is 29.4 Å². The second-order valence-electron chi connectivity index (χ2n) is 6.97. The van der Waals surface area contributed by atoms with Crippen LogP contribution in [0.25, 0.3) is 0 Å². The van der Waals surface area contributed by atoms with Crippen molar-refractivity contribution in [3.63, 3.8) is 0 Å². The van der Waals surface area contributed by atoms with Crippen LogP contribution in [0.1, 0.15) is 12.5 Å². The van der Waals surface area contributed by atoms with Crippen LogP contribution >= 0.6 is 0 Å². The van der Waals surface area contributed by atoms with Crippen LogP contribution in [-0.2, 0) is 16.1 Å². The summed E-state index contributed by atoms with van der Waals surface area (Å²) in [5.74, 6) is -1.27. The van der Waals surface area contributed by atoms with E-state index < -0.39 is 43.1 Å². The zero-order valence-electron chi connectivity index (χ0n) is 18.7. The van der Waals surface area contributed by atoms with Crippen molar-refractivity contribution in [1.29, 1.82) is 0 Å². The molecule has 194 valence electrons. The molecule has 2 aromatic rings. The predicted molar refractivity (Wildman–Crippen MR) is 122 cm³/mol. The molecule has 0 fully saturated rings. The van der Waals surface area contributed by atoms with Gasteiger partial charge in [0.25, 0.3) is 0 Å². The van der Waals surface area contributed by atoms with Crippen molar-refractivity contribution in [2.24, 2.45) is 0 Å². The molecule has 0 saturated carbocycles. The summed E-state index contributed by atoms with van der Waals surface area (Å²) in [5.41, 5.74) is 7.08. The largest absolute Gasteiger partial charge is 0.479 e. The minimum Gasteiger partial charge on any atom is -0.479 e. The number of anilines is 3. The van der Waals surface area contributed by atoms with E-state index in [0.29, 0.717) is 18.1 Å². The summed E-state index contributed by atoms with van der Waals surface area (Å²) in [6.07, 6.45) is -8.42. The maximum Gasteiger partial charge on any atom is 0.411 e. The van der Waals surface area contributed by atoms with E-state index in [0.717, 1.165) is 5.56 Å². The third kappa shape index (κ3) is 10.1. The van der Waals surface area contributed by atoms with Gasteiger partial charge >= 0.3 is 12.1 Å². The second kappa shape index (κ2) is 14.6. The molecule has 1 heterocycles. The van der Waals surface area contributed by atoms with Gasteiger partial charge in [-0.1, -0.05) is 12.1 Å². The van der Waals surface area contributed by atoms with Crippen LogP contribution in [0.15, 0.2) is 36.4 Å². The average molecular weight is 500 g/mol. The lowest BCUT2D eigenvalue weighted by molar-refractivity contribution is -0.164. The van der Waals surface area contributed by atoms with Gasteiger partial charge in [-0.15, -0.1) is 0 Å². The number of carboxylic acids is 1. The Bertz CT molecular complexity index is 949. The van der Waals surface area contributed by atoms with Gasteiger partial charge in [0, 0.05) is 6.54 Å². The van der Waals surface area contributed by atoms with E-state index in [1.807, 2.05) is 0 Å². The van der Waals surface area contributed by atoms with Crippen LogP contribution in [0.3, 0.4) is 0 Å². The first kappa shape index (κ1) is 29.5. The summed E-state index contributed by atoms with van der Waals surface area (Å²) in [5, 5.41) is 57.4. The van der Waals surface area contributed by atoms with Gasteiger partial charge < -0.3 is 46.4 Å². The number of halogens is 1. The van der Waals surface area contributed by atoms with Crippen LogP contribution in [0.4, 0.5) is 26.5 Å². The highest BCUT2D eigenvalue weighted by Crippen LogP contribution is 2.19. The number of carbonyl (C=O) groups is 2. The maximum absolute atomic E-state index is 12.8. The number of hydrogen-bond donors (Lipinski definition) is 9. The Morgan fingerprint density at radius 2 is 1.71 bits per heavy atom. The molecule has 1 aromatic heterocycles. The molecule has 0 saturated heterocycles. The molecular formula is C21H29FN4O9. The lowest BCUT2D eigenvalue weighted by Gasteiger charge is -2.23. The molecular weight excluding hydrogens is 471 g/mol. The topological polar surface area (TPSA) is 228 Å². The molecule has 2 rings (SSSR count). The molecule has 14 heteroatoms. The summed E-state index contributed by atoms with van der Waals surface area (Å²) in [7, 11) is 0. The van der Waals surface area contributed by atoms with Crippen LogP contribution in [-0.4, -0.2) is 85.3 Å². The van der Waals surface area contributed by atoms with E-state index in [4.69, 9.17) is 41.1 Å². The number of carboxylic acid groups (broad SMARTS) is 1. The molecule has 0 unspecified atom stereocenters. The number of benzene rings is 1. The quantitative estimate of drug-likeness (QED) is 0.201. The van der Waals surface area contributed by atoms with Crippen molar-refractivity contribution in [3.8, 4) is 0 Å². The molecule has 4 atom stereocenters. The van der Waals surface area contributed by atoms with Gasteiger partial charge in [-0.2, -0.15) is 0 Å². The smallest absolute Gasteiger partial charge is 0.411 e. The van der Waals surface area contributed by atoms with E-state index in [2.05, 4.69) is 15.6 Å². The first-order chi connectivity index (χ1) is 16.5. The minimum atomic E-state index is -2.20. The minimum absolute atomic E-state index is 0.178. The summed E-state index contributed by atoms with van der Waals surface area (Å²) in [6, 6.07) is 9.47. The molecule has 13 nitrogen and oxygen atoms in total. The number of aliphatic hydroxyl groups is 5. The zero-order chi connectivity index (χ0) is 26.5. The number of aromatic nitrogens is 1. The Morgan fingerprint density at radius 3 is 2.23 bits per heavy atom. The number of ether oxygens (including phenoxy) is 1. The van der Waals surface area contributed by atoms with Gasteiger partial charge in [0.1, 0.15) is 35.8 Å². The number of aliphatic hydroxyl groups excluding tert-OH is 5. The van der Waals surface area contributed by atoms with Crippen molar-refractivity contribution < 1.29 is 49.4 Å². The number of nitrogens with zero attached hydrogens (tertiary/aromatic N) is 1. The number of hydrogen-bond acceptors (Lipinski definition) is 11. The summed E-state index contributed by atoms with van der Waals surface area (Å²) < 4.78 is 17.6. The Labute approximate surface area is 199 Å². The number of aliphatic carboxylic acids is 1. The number of nitrogens with one attached hydrogen (secondary N) is 2. The standard InChI is InChI=1S/C15H17FN4O2.C6H12O7/c1-2-22-15(21)19-12-7-8-13(20-14(12)17)18-9-10-3-5-11(16)6-4-10;7-1-2(8)3(9)4(10)5(11)6(12)13/h3-8H,2,9H2,1H3,(H,19,21)(H3,17,18,20);2-5,7-11H,1H2,(H,12,13)/t;2-,3-,4+,5-/m.1/s1. The molecule has 10 N–H and O–H groups in total. The molecule has 0 aliphatic rings. The fourth-order valence-electron chi connectivity index (χ4n) is 2.42. The molecule has 1 aromatic carbocycles. The van der Waals surface area contributed by atoms with Gasteiger partial charge in [-0.25, -0.2) is 19.0 Å². The van der Waals surface area contributed by atoms with E-state index >= 15 is 0 Å². The van der Waals surface area contributed by atoms with Gasteiger partial charge in [0.2, 0.25) is 0 Å². The lowest BCUT2D eigenvalue weighted by Crippen LogP contribution is -2.48. The van der Waals surface area contributed by atoms with E-state index in [1.54, 1.807) is 31.2 Å². The second-order valence-corrected chi connectivity index (χ2v) is 6.97. The van der Waals surface area contributed by atoms with Crippen molar-refractivity contribution in [3.05, 3.63) is 47.8 Å². The summed E-state index contributed by atoms with van der Waals surface area (Å²) in [6.45, 7) is 1.63. The number of amides is 1. The Kier molecular flexibility index (Phi) is 12.3. The van der Waals surface area contributed by atoms with Crippen molar-refractivity contribution in [1.82, 2.24) is 4.98 Å². The lowest BCUT2D eigenvalue weighted by atomic mass is 10.0. The monoisotopic (exact) mass is 500 g/mol. The van der Waals surface area contributed by atoms with E-state index in [-0.39, 0.29) is 18.2 Å². The SMILES string of the molecule is CCOC(=O)Nc1ccc(NCc2ccc(F)cc2)nc1N.O=C(O)[C@H](O)[C@@H](O)[C@H](O)[C@H](O)CO. The number of nitrogen functional groups attached to an aromatic ring is 1. The van der Waals surface area contributed by atoms with Crippen molar-refractivity contribution in [2.45, 2.75) is 37.9 Å². The maximum atomic E-state index is 12.8. The van der Waals surface area contributed by atoms with Gasteiger partial charge in [0.05, 0.1) is 18.9 Å². The van der Waals surface area contributed by atoms with Crippen LogP contribution in [0, 0.1) is 5.82 Å². The molecule has 0 aliphatic carbocycles. The van der Waals surface area contributed by atoms with Crippen LogP contribution < -0.4 is 16.4 Å². The normalized spacial score (nSPS) is 13.9. The number of pyridine rings is 1. The fourth-order valence-corrected chi connectivity index (χ4v) is 2.42. The highest BCUT2D eigenvalue weighted by atomic mass is 19.1. The summed E-state index contributed by atoms with van der Waals surface area (Å²) in [4.78, 5) is 25.6. The van der Waals surface area contributed by atoms with Gasteiger partial charge in [-0.05, 0) is 36.8 Å².